The van der Waals surface area contributed by atoms with E-state index in [0.717, 1.165) is 57.4 Å². The minimum atomic E-state index is -1.34. The topological polar surface area (TPSA) is 51.8 Å². The van der Waals surface area contributed by atoms with Crippen molar-refractivity contribution in [3.05, 3.63) is 108 Å². The van der Waals surface area contributed by atoms with Crippen LogP contribution in [-0.2, 0) is 32.9 Å². The maximum atomic E-state index is 6.09. The van der Waals surface area contributed by atoms with Crippen molar-refractivity contribution in [1.82, 2.24) is 15.0 Å². The zero-order valence-electron chi connectivity index (χ0n) is 28.6. The molecule has 0 unspecified atom stereocenters. The monoisotopic (exact) mass is 804 g/mol. The maximum absolute atomic E-state index is 6.09. The van der Waals surface area contributed by atoms with Crippen molar-refractivity contribution in [2.24, 2.45) is 11.8 Å². The smallest absolute Gasteiger partial charge is 0.216 e. The summed E-state index contributed by atoms with van der Waals surface area (Å²) in [5.74, 6) is 1.27. The molecule has 241 valence electrons. The molecule has 0 N–H and O–H groups in total. The molecule has 4 heterocycles. The van der Waals surface area contributed by atoms with Crippen molar-refractivity contribution in [3.8, 4) is 22.5 Å². The fourth-order valence-electron chi connectivity index (χ4n) is 5.75. The Balaban J connectivity index is 0.000000210. The zero-order chi connectivity index (χ0) is 32.3. The fourth-order valence-corrected chi connectivity index (χ4v) is 7.34. The van der Waals surface area contributed by atoms with Crippen molar-refractivity contribution >= 4 is 35.3 Å². The molecule has 0 fully saturated rings. The number of fused-ring (bicyclic) bond motifs is 3. The van der Waals surface area contributed by atoms with Gasteiger partial charge >= 0.3 is 0 Å². The molecule has 6 aromatic rings. The van der Waals surface area contributed by atoms with E-state index in [1.807, 2.05) is 49.5 Å². The van der Waals surface area contributed by atoms with Crippen LogP contribution < -0.4 is 5.19 Å². The predicted octanol–water partition coefficient (Wildman–Crippen LogP) is 9.95. The van der Waals surface area contributed by atoms with Crippen LogP contribution in [0.2, 0.25) is 19.6 Å². The summed E-state index contributed by atoms with van der Waals surface area (Å²) in [6.07, 6.45) is 6.23. The van der Waals surface area contributed by atoms with Crippen LogP contribution in [0.4, 0.5) is 0 Å². The van der Waals surface area contributed by atoms with Crippen LogP contribution in [0.25, 0.3) is 44.6 Å². The number of pyridine rings is 3. The molecule has 4 nitrogen and oxygen atoms in total. The summed E-state index contributed by atoms with van der Waals surface area (Å²) in [5.41, 5.74) is 10.4. The Kier molecular flexibility index (Phi) is 11.5. The van der Waals surface area contributed by atoms with E-state index in [4.69, 9.17) is 4.42 Å². The van der Waals surface area contributed by atoms with Gasteiger partial charge in [-0.1, -0.05) is 81.5 Å². The molecule has 1 radical (unpaired) electrons. The summed E-state index contributed by atoms with van der Waals surface area (Å²) in [6.45, 7) is 20.3. The summed E-state index contributed by atoms with van der Waals surface area (Å²) >= 11 is 0. The molecule has 0 atom stereocenters. The molecule has 0 bridgehead atoms. The van der Waals surface area contributed by atoms with E-state index in [9.17, 15) is 0 Å². The molecule has 2 aromatic carbocycles. The van der Waals surface area contributed by atoms with E-state index in [1.165, 1.54) is 21.9 Å². The van der Waals surface area contributed by atoms with Crippen LogP contribution in [0.15, 0.2) is 77.5 Å². The van der Waals surface area contributed by atoms with Crippen molar-refractivity contribution in [2.45, 2.75) is 74.0 Å². The number of hydrogen-bond acceptors (Lipinski definition) is 4. The first-order valence-electron chi connectivity index (χ1n) is 16.0. The van der Waals surface area contributed by atoms with Gasteiger partial charge in [-0.25, -0.2) is 4.98 Å². The Labute approximate surface area is 289 Å². The number of aromatic nitrogens is 3. The van der Waals surface area contributed by atoms with Gasteiger partial charge in [-0.05, 0) is 72.8 Å². The molecular weight excluding hydrogens is 759 g/mol. The van der Waals surface area contributed by atoms with Gasteiger partial charge in [-0.15, -0.1) is 54.1 Å². The largest absolute Gasteiger partial charge is 0.486 e. The normalized spacial score (nSPS) is 11.5. The number of hydrogen-bond donors (Lipinski definition) is 0. The molecule has 0 saturated heterocycles. The Morgan fingerprint density at radius 3 is 2.13 bits per heavy atom. The molecule has 0 spiro atoms. The zero-order valence-corrected chi connectivity index (χ0v) is 32.0. The van der Waals surface area contributed by atoms with Crippen LogP contribution in [0.3, 0.4) is 0 Å². The summed E-state index contributed by atoms with van der Waals surface area (Å²) in [6, 6.07) is 27.2. The Morgan fingerprint density at radius 1 is 0.761 bits per heavy atom. The van der Waals surface area contributed by atoms with Crippen LogP contribution in [0, 0.1) is 37.8 Å². The minimum absolute atomic E-state index is 0. The number of aryl methyl sites for hydroxylation is 2. The van der Waals surface area contributed by atoms with Gasteiger partial charge < -0.3 is 14.4 Å². The summed E-state index contributed by atoms with van der Waals surface area (Å²) in [5, 5.41) is 3.58. The molecule has 0 aliphatic carbocycles. The third kappa shape index (κ3) is 8.28. The first-order valence-corrected chi connectivity index (χ1v) is 19.5. The summed E-state index contributed by atoms with van der Waals surface area (Å²) in [4.78, 5) is 13.8. The van der Waals surface area contributed by atoms with Gasteiger partial charge in [0.25, 0.3) is 0 Å². The molecule has 0 amide bonds. The van der Waals surface area contributed by atoms with Crippen molar-refractivity contribution < 1.29 is 24.5 Å². The van der Waals surface area contributed by atoms with Crippen molar-refractivity contribution in [3.63, 3.8) is 0 Å². The minimum Gasteiger partial charge on any atom is -0.486 e. The standard InChI is InChI=1S/C22H21N2O.C18H24NSi.Ir/c1-13(2)10-16-11-20(23-12-14(16)3)19-7-5-6-17-18-9-8-15(4)24-22(18)25-21(17)19;1-14(2)11-16-12-17(15-9-7-6-8-10-15)19-13-18(16)20(3,4)5;/h5-6,8-9,11-13H,10H2,1-4H3;6-9,12-14H,11H2,1-5H3;/q2*-1;. The maximum Gasteiger partial charge on any atom is 0.216 e. The van der Waals surface area contributed by atoms with E-state index >= 15 is 0 Å². The predicted molar refractivity (Wildman–Crippen MR) is 192 cm³/mol. The third-order valence-electron chi connectivity index (χ3n) is 7.95. The van der Waals surface area contributed by atoms with Gasteiger partial charge in [0.05, 0.1) is 13.7 Å². The van der Waals surface area contributed by atoms with E-state index in [0.29, 0.717) is 17.5 Å². The Hall–Kier alpha value is -3.44. The average Bonchev–Trinajstić information content (AvgIpc) is 3.36. The van der Waals surface area contributed by atoms with Crippen LogP contribution in [0.5, 0.6) is 0 Å². The van der Waals surface area contributed by atoms with Crippen molar-refractivity contribution in [2.75, 3.05) is 0 Å². The number of nitrogens with zero attached hydrogens (tertiary/aromatic N) is 3. The molecule has 6 heteroatoms. The molecule has 0 saturated carbocycles. The first-order chi connectivity index (χ1) is 21.4. The second-order valence-corrected chi connectivity index (χ2v) is 19.0. The molecule has 0 aliphatic rings. The third-order valence-corrected chi connectivity index (χ3v) is 10.0. The quantitative estimate of drug-likeness (QED) is 0.119. The Bertz CT molecular complexity index is 1920. The summed E-state index contributed by atoms with van der Waals surface area (Å²) in [7, 11) is -1.34. The number of rotatable bonds is 7. The van der Waals surface area contributed by atoms with Crippen LogP contribution >= 0.6 is 0 Å². The SMILES string of the molecule is CC(C)Cc1cc(-c2[c-]cccc2)ncc1[Si](C)(C)C.Cc1ccc2c(n1)oc1c(-c3cc(CC(C)C)c(C)cn3)[c-]ccc12.[Ir]. The average molecular weight is 804 g/mol. The van der Waals surface area contributed by atoms with Crippen LogP contribution in [-0.4, -0.2) is 23.0 Å². The van der Waals surface area contributed by atoms with E-state index in [-0.39, 0.29) is 20.1 Å². The molecule has 46 heavy (non-hydrogen) atoms. The second-order valence-electron chi connectivity index (χ2n) is 13.9. The molecule has 6 rings (SSSR count). The van der Waals surface area contributed by atoms with Gasteiger partial charge in [0.15, 0.2) is 0 Å². The van der Waals surface area contributed by atoms with E-state index < -0.39 is 8.07 Å². The van der Waals surface area contributed by atoms with Crippen molar-refractivity contribution in [1.29, 1.82) is 0 Å². The summed E-state index contributed by atoms with van der Waals surface area (Å²) < 4.78 is 6.09. The fraction of sp³-hybridized carbons (Fsp3) is 0.325. The molecule has 0 aliphatic heterocycles. The first kappa shape index (κ1) is 35.4. The van der Waals surface area contributed by atoms with Gasteiger partial charge in [0, 0.05) is 43.6 Å². The number of benzene rings is 2. The second kappa shape index (κ2) is 15.0. The Morgan fingerprint density at radius 2 is 1.46 bits per heavy atom. The van der Waals surface area contributed by atoms with Gasteiger partial charge in [-0.3, -0.25) is 0 Å². The van der Waals surface area contributed by atoms with Gasteiger partial charge in [-0.2, -0.15) is 0 Å². The van der Waals surface area contributed by atoms with Gasteiger partial charge in [0.2, 0.25) is 5.71 Å². The van der Waals surface area contributed by atoms with E-state index in [1.54, 1.807) is 0 Å². The molecular formula is C40H45IrN3OSi-2. The molecule has 4 aromatic heterocycles. The van der Waals surface area contributed by atoms with Crippen LogP contribution in [0.1, 0.15) is 50.1 Å². The number of furan rings is 1. The van der Waals surface area contributed by atoms with E-state index in [2.05, 4.69) is 112 Å². The van der Waals surface area contributed by atoms with Gasteiger partial charge in [0.1, 0.15) is 0 Å².